The van der Waals surface area contributed by atoms with Gasteiger partial charge in [-0.1, -0.05) is 24.2 Å². The molecule has 3 heterocycles. The number of β-lactam (4-membered cyclic amide) rings is 1. The molecular weight excluding hydrogens is 418 g/mol. The number of hydrogen-bond acceptors (Lipinski definition) is 9. The standard InChI is InChI=1S/C17H19N5O5S2/c1-3-4-5-8-6-28-15-11(14(24)22(15)12(8)16(25)26)20-13(23)10(21-27-2)9-7-29-17(18)19-9/h4-5,7,11,15H,3,6H2,1-2H3,(H2,18,19)(H,20,23)(H,25,26)/b5-4-,21-10-. The van der Waals surface area contributed by atoms with Crippen LogP contribution in [-0.4, -0.2) is 62.8 Å². The van der Waals surface area contributed by atoms with Crippen LogP contribution in [0, 0.1) is 0 Å². The van der Waals surface area contributed by atoms with Crippen LogP contribution in [0.25, 0.3) is 0 Å². The normalized spacial score (nSPS) is 21.8. The van der Waals surface area contributed by atoms with Crippen molar-refractivity contribution in [2.45, 2.75) is 24.8 Å². The number of aromatic nitrogens is 1. The number of carbonyl (C=O) groups excluding carboxylic acids is 2. The number of carboxylic acid groups (broad SMARTS) is 1. The Kier molecular flexibility index (Phi) is 6.23. The van der Waals surface area contributed by atoms with Crippen LogP contribution in [0.5, 0.6) is 0 Å². The molecule has 2 aliphatic heterocycles. The summed E-state index contributed by atoms with van der Waals surface area (Å²) in [5.74, 6) is -1.91. The van der Waals surface area contributed by atoms with Crippen LogP contribution in [0.2, 0.25) is 0 Å². The minimum absolute atomic E-state index is 0.0491. The summed E-state index contributed by atoms with van der Waals surface area (Å²) in [6, 6.07) is -0.878. The van der Waals surface area contributed by atoms with E-state index in [0.717, 1.165) is 17.8 Å². The average Bonchev–Trinajstić information content (AvgIpc) is 3.13. The second-order valence-electron chi connectivity index (χ2n) is 6.04. The van der Waals surface area contributed by atoms with E-state index in [1.54, 1.807) is 11.5 Å². The van der Waals surface area contributed by atoms with Crippen molar-refractivity contribution in [2.75, 3.05) is 18.6 Å². The summed E-state index contributed by atoms with van der Waals surface area (Å²) in [7, 11) is 1.28. The van der Waals surface area contributed by atoms with Crippen LogP contribution < -0.4 is 11.1 Å². The summed E-state index contributed by atoms with van der Waals surface area (Å²) in [6.45, 7) is 1.94. The van der Waals surface area contributed by atoms with Gasteiger partial charge in [0.1, 0.15) is 29.9 Å². The van der Waals surface area contributed by atoms with Crippen molar-refractivity contribution in [1.82, 2.24) is 15.2 Å². The molecule has 1 fully saturated rings. The van der Waals surface area contributed by atoms with Gasteiger partial charge in [0, 0.05) is 11.1 Å². The number of thiazole rings is 1. The number of fused-ring (bicyclic) bond motifs is 1. The molecule has 10 nitrogen and oxygen atoms in total. The lowest BCUT2D eigenvalue weighted by molar-refractivity contribution is -0.150. The summed E-state index contributed by atoms with van der Waals surface area (Å²) in [5, 5.41) is 17.2. The molecule has 0 bridgehead atoms. The smallest absolute Gasteiger partial charge is 0.352 e. The molecule has 1 saturated heterocycles. The molecule has 0 aromatic carbocycles. The van der Waals surface area contributed by atoms with E-state index < -0.39 is 29.2 Å². The van der Waals surface area contributed by atoms with Gasteiger partial charge in [-0.05, 0) is 12.0 Å². The quantitative estimate of drug-likeness (QED) is 0.322. The first kappa shape index (κ1) is 20.9. The van der Waals surface area contributed by atoms with E-state index in [1.807, 2.05) is 13.0 Å². The highest BCUT2D eigenvalue weighted by molar-refractivity contribution is 8.00. The third-order valence-electron chi connectivity index (χ3n) is 4.20. The summed E-state index contributed by atoms with van der Waals surface area (Å²) in [6.07, 6.45) is 4.32. The van der Waals surface area contributed by atoms with Crippen molar-refractivity contribution >= 4 is 51.7 Å². The lowest BCUT2D eigenvalue weighted by Gasteiger charge is -2.49. The largest absolute Gasteiger partial charge is 0.477 e. The van der Waals surface area contributed by atoms with E-state index in [9.17, 15) is 19.5 Å². The second kappa shape index (κ2) is 8.66. The van der Waals surface area contributed by atoms with Gasteiger partial charge in [-0.15, -0.1) is 23.1 Å². The SMILES string of the molecule is CC/C=C\C1=C(C(=O)O)N2C(=O)C(NC(=O)/C(=N\OC)c3csc(N)n3)C2SC1. The number of nitrogen functional groups attached to an aromatic ring is 1. The number of nitrogens with one attached hydrogen (secondary N) is 1. The lowest BCUT2D eigenvalue weighted by Crippen LogP contribution is -2.71. The summed E-state index contributed by atoms with van der Waals surface area (Å²) in [4.78, 5) is 47.0. The Labute approximate surface area is 174 Å². The molecule has 2 aliphatic rings. The van der Waals surface area contributed by atoms with Crippen molar-refractivity contribution in [3.63, 3.8) is 0 Å². The molecule has 3 rings (SSSR count). The number of anilines is 1. The van der Waals surface area contributed by atoms with Crippen LogP contribution in [-0.2, 0) is 19.2 Å². The van der Waals surface area contributed by atoms with Gasteiger partial charge < -0.3 is 21.0 Å². The highest BCUT2D eigenvalue weighted by atomic mass is 32.2. The van der Waals surface area contributed by atoms with Crippen LogP contribution in [0.1, 0.15) is 19.0 Å². The number of allylic oxidation sites excluding steroid dienone is 2. The number of carboxylic acids is 1. The molecule has 0 saturated carbocycles. The Morgan fingerprint density at radius 1 is 1.55 bits per heavy atom. The number of hydrogen-bond donors (Lipinski definition) is 3. The summed E-state index contributed by atoms with van der Waals surface area (Å²) < 4.78 is 0. The Hall–Kier alpha value is -2.86. The zero-order chi connectivity index (χ0) is 21.1. The zero-order valence-corrected chi connectivity index (χ0v) is 17.2. The Morgan fingerprint density at radius 2 is 2.31 bits per heavy atom. The van der Waals surface area contributed by atoms with E-state index >= 15 is 0 Å². The molecule has 154 valence electrons. The predicted molar refractivity (Wildman–Crippen MR) is 109 cm³/mol. The predicted octanol–water partition coefficient (Wildman–Crippen LogP) is 0.781. The number of aliphatic carboxylic acids is 1. The lowest BCUT2D eigenvalue weighted by atomic mass is 10.0. The first-order chi connectivity index (χ1) is 13.9. The van der Waals surface area contributed by atoms with E-state index in [0.29, 0.717) is 11.3 Å². The zero-order valence-electron chi connectivity index (χ0n) is 15.6. The topological polar surface area (TPSA) is 147 Å². The Bertz CT molecular complexity index is 938. The molecular formula is C17H19N5O5S2. The van der Waals surface area contributed by atoms with E-state index in [4.69, 9.17) is 10.6 Å². The highest BCUT2D eigenvalue weighted by Gasteiger charge is 2.54. The number of nitrogens with zero attached hydrogens (tertiary/aromatic N) is 3. The molecule has 4 N–H and O–H groups in total. The maximum Gasteiger partial charge on any atom is 0.352 e. The fraction of sp³-hybridized carbons (Fsp3) is 0.353. The van der Waals surface area contributed by atoms with Crippen LogP contribution in [0.3, 0.4) is 0 Å². The van der Waals surface area contributed by atoms with Gasteiger partial charge in [0.15, 0.2) is 10.8 Å². The van der Waals surface area contributed by atoms with Crippen LogP contribution in [0.4, 0.5) is 5.13 Å². The Morgan fingerprint density at radius 3 is 2.90 bits per heavy atom. The average molecular weight is 438 g/mol. The summed E-state index contributed by atoms with van der Waals surface area (Å²) >= 11 is 2.52. The van der Waals surface area contributed by atoms with Gasteiger partial charge in [-0.2, -0.15) is 0 Å². The second-order valence-corrected chi connectivity index (χ2v) is 8.04. The van der Waals surface area contributed by atoms with Crippen LogP contribution >= 0.6 is 23.1 Å². The number of carbonyl (C=O) groups is 3. The number of thioether (sulfide) groups is 1. The monoisotopic (exact) mass is 437 g/mol. The van der Waals surface area contributed by atoms with Gasteiger partial charge >= 0.3 is 5.97 Å². The van der Waals surface area contributed by atoms with Crippen molar-refractivity contribution in [3.8, 4) is 0 Å². The van der Waals surface area contributed by atoms with Gasteiger partial charge in [-0.25, -0.2) is 9.78 Å². The summed E-state index contributed by atoms with van der Waals surface area (Å²) in [5.41, 5.74) is 6.23. The van der Waals surface area contributed by atoms with Gasteiger partial charge in [-0.3, -0.25) is 14.5 Å². The van der Waals surface area contributed by atoms with Crippen molar-refractivity contribution < 1.29 is 24.3 Å². The fourth-order valence-corrected chi connectivity index (χ4v) is 4.80. The fourth-order valence-electron chi connectivity index (χ4n) is 2.93. The number of nitrogens with two attached hydrogens (primary N) is 1. The molecule has 0 aliphatic carbocycles. The van der Waals surface area contributed by atoms with Crippen molar-refractivity contribution in [2.24, 2.45) is 5.16 Å². The third kappa shape index (κ3) is 3.98. The number of amides is 2. The molecule has 1 aromatic rings. The molecule has 2 amide bonds. The molecule has 1 aromatic heterocycles. The van der Waals surface area contributed by atoms with Crippen LogP contribution in [0.15, 0.2) is 34.0 Å². The minimum Gasteiger partial charge on any atom is -0.477 e. The number of oxime groups is 1. The Balaban J connectivity index is 1.80. The molecule has 2 unspecified atom stereocenters. The van der Waals surface area contributed by atoms with E-state index in [1.165, 1.54) is 23.8 Å². The van der Waals surface area contributed by atoms with Gasteiger partial charge in [0.05, 0.1) is 0 Å². The van der Waals surface area contributed by atoms with Gasteiger partial charge in [0.25, 0.3) is 11.8 Å². The molecule has 29 heavy (non-hydrogen) atoms. The van der Waals surface area contributed by atoms with Crippen molar-refractivity contribution in [1.29, 1.82) is 0 Å². The third-order valence-corrected chi connectivity index (χ3v) is 6.18. The molecule has 2 atom stereocenters. The van der Waals surface area contributed by atoms with Gasteiger partial charge in [0.2, 0.25) is 0 Å². The maximum absolute atomic E-state index is 12.7. The minimum atomic E-state index is -1.18. The van der Waals surface area contributed by atoms with E-state index in [-0.39, 0.29) is 22.2 Å². The maximum atomic E-state index is 12.7. The first-order valence-corrected chi connectivity index (χ1v) is 10.5. The molecule has 12 heteroatoms. The first-order valence-electron chi connectivity index (χ1n) is 8.60. The van der Waals surface area contributed by atoms with E-state index in [2.05, 4.69) is 15.5 Å². The molecule has 0 radical (unpaired) electrons. The number of rotatable bonds is 7. The van der Waals surface area contributed by atoms with Crippen molar-refractivity contribution in [3.05, 3.63) is 34.5 Å². The molecule has 0 spiro atoms. The highest BCUT2D eigenvalue weighted by Crippen LogP contribution is 2.40.